The molecule has 0 unspecified atom stereocenters. The Balaban J connectivity index is 1.28. The summed E-state index contributed by atoms with van der Waals surface area (Å²) in [7, 11) is 0. The average molecular weight is 550 g/mol. The van der Waals surface area contributed by atoms with Gasteiger partial charge in [0.25, 0.3) is 5.91 Å². The predicted octanol–water partition coefficient (Wildman–Crippen LogP) is 9.80. The average Bonchev–Trinajstić information content (AvgIpc) is 3.32. The molecule has 0 saturated carbocycles. The first-order valence-electron chi connectivity index (χ1n) is 16.2. The Labute approximate surface area is 242 Å². The highest BCUT2D eigenvalue weighted by Crippen LogP contribution is 2.20. The van der Waals surface area contributed by atoms with Crippen LogP contribution >= 0.6 is 0 Å². The van der Waals surface area contributed by atoms with Crippen LogP contribution in [0.3, 0.4) is 0 Å². The van der Waals surface area contributed by atoms with Crippen LogP contribution < -0.4 is 5.32 Å². The van der Waals surface area contributed by atoms with Crippen LogP contribution in [-0.2, 0) is 13.0 Å². The number of fused-ring (bicyclic) bond motifs is 1. The van der Waals surface area contributed by atoms with Crippen LogP contribution in [0.1, 0.15) is 132 Å². The molecule has 5 heteroatoms. The zero-order valence-corrected chi connectivity index (χ0v) is 24.9. The molecular formula is C35H52FN3O. The lowest BCUT2D eigenvalue weighted by Gasteiger charge is -2.10. The van der Waals surface area contributed by atoms with Crippen LogP contribution in [0, 0.1) is 5.82 Å². The number of hydrogen-bond acceptors (Lipinski definition) is 2. The molecule has 2 aromatic carbocycles. The molecule has 0 aliphatic heterocycles. The molecular weight excluding hydrogens is 497 g/mol. The fourth-order valence-electron chi connectivity index (χ4n) is 5.52. The van der Waals surface area contributed by atoms with Gasteiger partial charge in [-0.15, -0.1) is 0 Å². The number of imidazole rings is 1. The molecule has 1 amide bonds. The standard InChI is InChI=1S/C35H52FN3O/c1-2-3-4-5-6-7-8-9-10-11-12-13-14-20-29-39-33-22-18-17-21-32(33)38-34(39)23-16-15-19-28-37-35(40)30-24-26-31(36)27-25-30/h17-18,21-22,24-27H,2-16,19-20,23,28-29H2,1H3,(H,37,40). The number of benzene rings is 2. The number of unbranched alkanes of at least 4 members (excludes halogenated alkanes) is 15. The van der Waals surface area contributed by atoms with Gasteiger partial charge >= 0.3 is 0 Å². The van der Waals surface area contributed by atoms with E-state index in [2.05, 4.69) is 41.1 Å². The highest BCUT2D eigenvalue weighted by Gasteiger charge is 2.10. The summed E-state index contributed by atoms with van der Waals surface area (Å²) in [5, 5.41) is 2.94. The molecule has 0 aliphatic rings. The largest absolute Gasteiger partial charge is 0.352 e. The van der Waals surface area contributed by atoms with E-state index < -0.39 is 0 Å². The molecule has 1 heterocycles. The summed E-state index contributed by atoms with van der Waals surface area (Å²) in [5.74, 6) is 0.716. The van der Waals surface area contributed by atoms with Gasteiger partial charge in [-0.2, -0.15) is 0 Å². The molecule has 0 atom stereocenters. The lowest BCUT2D eigenvalue weighted by atomic mass is 10.0. The van der Waals surface area contributed by atoms with Gasteiger partial charge in [0.05, 0.1) is 11.0 Å². The zero-order chi connectivity index (χ0) is 28.3. The minimum atomic E-state index is -0.327. The second-order valence-electron chi connectivity index (χ2n) is 11.3. The van der Waals surface area contributed by atoms with Crippen molar-refractivity contribution in [2.75, 3.05) is 6.54 Å². The van der Waals surface area contributed by atoms with Crippen LogP contribution in [0.15, 0.2) is 48.5 Å². The molecule has 3 aromatic rings. The van der Waals surface area contributed by atoms with Gasteiger partial charge in [0.1, 0.15) is 11.6 Å². The maximum atomic E-state index is 13.0. The smallest absolute Gasteiger partial charge is 0.251 e. The van der Waals surface area contributed by atoms with E-state index in [1.54, 1.807) is 0 Å². The fraction of sp³-hybridized carbons (Fsp3) is 0.600. The van der Waals surface area contributed by atoms with Gasteiger partial charge in [0.2, 0.25) is 0 Å². The lowest BCUT2D eigenvalue weighted by molar-refractivity contribution is 0.0953. The SMILES string of the molecule is CCCCCCCCCCCCCCCCn1c(CCCCCNC(=O)c2ccc(F)cc2)nc2ccccc21. The van der Waals surface area contributed by atoms with Gasteiger partial charge in [-0.05, 0) is 55.7 Å². The maximum Gasteiger partial charge on any atom is 0.251 e. The van der Waals surface area contributed by atoms with E-state index >= 15 is 0 Å². The number of carbonyl (C=O) groups excluding carboxylic acids is 1. The second-order valence-corrected chi connectivity index (χ2v) is 11.3. The van der Waals surface area contributed by atoms with Crippen molar-refractivity contribution in [3.05, 3.63) is 65.7 Å². The van der Waals surface area contributed by atoms with Crippen molar-refractivity contribution in [3.8, 4) is 0 Å². The minimum absolute atomic E-state index is 0.144. The van der Waals surface area contributed by atoms with Crippen LogP contribution in [0.4, 0.5) is 4.39 Å². The number of hydrogen-bond donors (Lipinski definition) is 1. The van der Waals surface area contributed by atoms with Gasteiger partial charge in [0.15, 0.2) is 0 Å². The molecule has 220 valence electrons. The summed E-state index contributed by atoms with van der Waals surface area (Å²) in [6, 6.07) is 14.2. The molecule has 40 heavy (non-hydrogen) atoms. The van der Waals surface area contributed by atoms with Crippen molar-refractivity contribution >= 4 is 16.9 Å². The number of nitrogens with one attached hydrogen (secondary N) is 1. The Morgan fingerprint density at radius 1 is 0.725 bits per heavy atom. The van der Waals surface area contributed by atoms with Crippen LogP contribution in [0.5, 0.6) is 0 Å². The molecule has 0 fully saturated rings. The topological polar surface area (TPSA) is 46.9 Å². The molecule has 0 radical (unpaired) electrons. The number of nitrogens with zero attached hydrogens (tertiary/aromatic N) is 2. The van der Waals surface area contributed by atoms with Gasteiger partial charge in [-0.1, -0.05) is 109 Å². The van der Waals surface area contributed by atoms with E-state index in [1.165, 1.54) is 125 Å². The molecule has 0 spiro atoms. The summed E-state index contributed by atoms with van der Waals surface area (Å²) >= 11 is 0. The predicted molar refractivity (Wildman–Crippen MR) is 166 cm³/mol. The molecule has 1 aromatic heterocycles. The van der Waals surface area contributed by atoms with Crippen molar-refractivity contribution in [1.82, 2.24) is 14.9 Å². The molecule has 3 rings (SSSR count). The zero-order valence-electron chi connectivity index (χ0n) is 24.9. The molecule has 0 aliphatic carbocycles. The Bertz CT molecular complexity index is 1090. The number of carbonyl (C=O) groups is 1. The molecule has 0 saturated heterocycles. The highest BCUT2D eigenvalue weighted by molar-refractivity contribution is 5.94. The number of halogens is 1. The Morgan fingerprint density at radius 2 is 1.30 bits per heavy atom. The summed E-state index contributed by atoms with van der Waals surface area (Å²) in [4.78, 5) is 17.1. The number of aromatic nitrogens is 2. The number of para-hydroxylation sites is 2. The van der Waals surface area contributed by atoms with Crippen molar-refractivity contribution in [3.63, 3.8) is 0 Å². The van der Waals surface area contributed by atoms with E-state index in [1.807, 2.05) is 0 Å². The Hall–Kier alpha value is -2.69. The highest BCUT2D eigenvalue weighted by atomic mass is 19.1. The molecule has 4 nitrogen and oxygen atoms in total. The third kappa shape index (κ3) is 11.8. The lowest BCUT2D eigenvalue weighted by Crippen LogP contribution is -2.24. The van der Waals surface area contributed by atoms with E-state index in [0.717, 1.165) is 37.7 Å². The van der Waals surface area contributed by atoms with Crippen LogP contribution in [0.25, 0.3) is 11.0 Å². The van der Waals surface area contributed by atoms with Crippen molar-refractivity contribution in [1.29, 1.82) is 0 Å². The summed E-state index contributed by atoms with van der Waals surface area (Å²) in [5.41, 5.74) is 2.84. The molecule has 0 bridgehead atoms. The van der Waals surface area contributed by atoms with Crippen molar-refractivity contribution < 1.29 is 9.18 Å². The Morgan fingerprint density at radius 3 is 1.95 bits per heavy atom. The summed E-state index contributed by atoms with van der Waals surface area (Å²) in [6.45, 7) is 3.96. The van der Waals surface area contributed by atoms with E-state index in [0.29, 0.717) is 12.1 Å². The van der Waals surface area contributed by atoms with Gasteiger partial charge in [-0.3, -0.25) is 4.79 Å². The first-order valence-corrected chi connectivity index (χ1v) is 16.2. The first-order chi connectivity index (χ1) is 19.7. The monoisotopic (exact) mass is 549 g/mol. The second kappa shape index (κ2) is 19.4. The third-order valence-corrected chi connectivity index (χ3v) is 7.94. The van der Waals surface area contributed by atoms with Crippen LogP contribution in [-0.4, -0.2) is 22.0 Å². The normalized spacial score (nSPS) is 11.3. The minimum Gasteiger partial charge on any atom is -0.352 e. The summed E-state index contributed by atoms with van der Waals surface area (Å²) < 4.78 is 15.5. The molecule has 1 N–H and O–H groups in total. The van der Waals surface area contributed by atoms with E-state index in [9.17, 15) is 9.18 Å². The first kappa shape index (κ1) is 31.8. The van der Waals surface area contributed by atoms with E-state index in [4.69, 9.17) is 4.98 Å². The number of rotatable bonds is 22. The van der Waals surface area contributed by atoms with Crippen molar-refractivity contribution in [2.45, 2.75) is 129 Å². The number of amides is 1. The van der Waals surface area contributed by atoms with Gasteiger partial charge < -0.3 is 9.88 Å². The van der Waals surface area contributed by atoms with Gasteiger partial charge in [-0.25, -0.2) is 9.37 Å². The van der Waals surface area contributed by atoms with Crippen molar-refractivity contribution in [2.24, 2.45) is 0 Å². The van der Waals surface area contributed by atoms with E-state index in [-0.39, 0.29) is 11.7 Å². The quantitative estimate of drug-likeness (QED) is 0.127. The fourth-order valence-corrected chi connectivity index (χ4v) is 5.52. The number of aryl methyl sites for hydroxylation is 2. The van der Waals surface area contributed by atoms with Gasteiger partial charge in [0, 0.05) is 25.1 Å². The third-order valence-electron chi connectivity index (χ3n) is 7.94. The Kier molecular flexibility index (Phi) is 15.4. The summed E-state index contributed by atoms with van der Waals surface area (Å²) in [6.07, 6.45) is 23.3. The van der Waals surface area contributed by atoms with Crippen LogP contribution in [0.2, 0.25) is 0 Å². The maximum absolute atomic E-state index is 13.0.